The van der Waals surface area contributed by atoms with Gasteiger partial charge in [0.25, 0.3) is 11.5 Å². The minimum atomic E-state index is -0.335. The van der Waals surface area contributed by atoms with Crippen molar-refractivity contribution in [3.05, 3.63) is 51.9 Å². The van der Waals surface area contributed by atoms with Crippen LogP contribution in [0, 0.1) is 12.8 Å². The first-order valence-corrected chi connectivity index (χ1v) is 9.06. The number of hydrogen-bond acceptors (Lipinski definition) is 4. The number of aryl methyl sites for hydroxylation is 1. The van der Waals surface area contributed by atoms with Gasteiger partial charge in [-0.1, -0.05) is 38.0 Å². The van der Waals surface area contributed by atoms with Gasteiger partial charge < -0.3 is 10.1 Å². The molecule has 1 saturated carbocycles. The Morgan fingerprint density at radius 2 is 2.00 bits per heavy atom. The fourth-order valence-electron chi connectivity index (χ4n) is 3.49. The van der Waals surface area contributed by atoms with Crippen molar-refractivity contribution >= 4 is 5.91 Å². The summed E-state index contributed by atoms with van der Waals surface area (Å²) >= 11 is 0. The number of benzene rings is 1. The zero-order valence-electron chi connectivity index (χ0n) is 15.5. The molecule has 1 fully saturated rings. The van der Waals surface area contributed by atoms with E-state index in [1.807, 2.05) is 25.1 Å². The molecule has 0 spiro atoms. The molecule has 1 heterocycles. The summed E-state index contributed by atoms with van der Waals surface area (Å²) in [6.07, 6.45) is 4.39. The molecule has 0 aliphatic heterocycles. The van der Waals surface area contributed by atoms with Gasteiger partial charge in [0.2, 0.25) is 0 Å². The van der Waals surface area contributed by atoms with Crippen LogP contribution < -0.4 is 15.6 Å². The molecule has 0 bridgehead atoms. The highest BCUT2D eigenvalue weighted by Crippen LogP contribution is 2.24. The van der Waals surface area contributed by atoms with Crippen LogP contribution in [0.5, 0.6) is 5.75 Å². The Hall–Kier alpha value is -2.63. The third-order valence-electron chi connectivity index (χ3n) is 5.10. The van der Waals surface area contributed by atoms with Gasteiger partial charge in [0.05, 0.1) is 18.9 Å². The summed E-state index contributed by atoms with van der Waals surface area (Å²) in [5, 5.41) is 7.41. The second-order valence-corrected chi connectivity index (χ2v) is 6.94. The predicted molar refractivity (Wildman–Crippen MR) is 100 cm³/mol. The number of methoxy groups -OCH3 is 1. The molecule has 1 aliphatic rings. The van der Waals surface area contributed by atoms with Gasteiger partial charge in [-0.2, -0.15) is 9.78 Å². The average molecular weight is 355 g/mol. The lowest BCUT2D eigenvalue weighted by atomic mass is 9.86. The van der Waals surface area contributed by atoms with Crippen LogP contribution in [0.15, 0.2) is 35.1 Å². The van der Waals surface area contributed by atoms with Gasteiger partial charge >= 0.3 is 0 Å². The summed E-state index contributed by atoms with van der Waals surface area (Å²) in [6.45, 7) is 4.06. The Bertz CT molecular complexity index is 860. The summed E-state index contributed by atoms with van der Waals surface area (Å²) in [4.78, 5) is 25.3. The molecule has 6 heteroatoms. The minimum absolute atomic E-state index is 0.126. The first kappa shape index (κ1) is 18.2. The van der Waals surface area contributed by atoms with Crippen molar-refractivity contribution in [1.29, 1.82) is 0 Å². The molecule has 1 aromatic carbocycles. The van der Waals surface area contributed by atoms with E-state index in [-0.39, 0.29) is 29.0 Å². The number of para-hydroxylation sites is 1. The van der Waals surface area contributed by atoms with Gasteiger partial charge in [-0.3, -0.25) is 9.59 Å². The summed E-state index contributed by atoms with van der Waals surface area (Å²) in [5.41, 5.74) is 1.35. The van der Waals surface area contributed by atoms with Gasteiger partial charge in [0.1, 0.15) is 0 Å². The molecule has 138 valence electrons. The second kappa shape index (κ2) is 7.72. The van der Waals surface area contributed by atoms with E-state index in [0.717, 1.165) is 24.8 Å². The minimum Gasteiger partial charge on any atom is -0.494 e. The van der Waals surface area contributed by atoms with E-state index >= 15 is 0 Å². The number of carbonyl (C=O) groups is 1. The Kier molecular flexibility index (Phi) is 5.40. The van der Waals surface area contributed by atoms with Crippen molar-refractivity contribution in [3.63, 3.8) is 0 Å². The predicted octanol–water partition coefficient (Wildman–Crippen LogP) is 2.86. The average Bonchev–Trinajstić information content (AvgIpc) is 2.64. The van der Waals surface area contributed by atoms with Gasteiger partial charge in [-0.15, -0.1) is 0 Å². The number of nitrogens with zero attached hydrogens (tertiary/aromatic N) is 2. The topological polar surface area (TPSA) is 73.2 Å². The molecule has 2 aromatic rings. The molecule has 26 heavy (non-hydrogen) atoms. The summed E-state index contributed by atoms with van der Waals surface area (Å²) in [7, 11) is 1.44. The van der Waals surface area contributed by atoms with E-state index in [1.54, 1.807) is 6.07 Å². The van der Waals surface area contributed by atoms with E-state index < -0.39 is 0 Å². The Labute approximate surface area is 153 Å². The second-order valence-electron chi connectivity index (χ2n) is 6.94. The molecule has 3 rings (SSSR count). The number of ether oxygens (including phenoxy) is 1. The number of nitrogens with one attached hydrogen (secondary N) is 1. The summed E-state index contributed by atoms with van der Waals surface area (Å²) in [6, 6.07) is 8.88. The molecule has 0 unspecified atom stereocenters. The van der Waals surface area contributed by atoms with Crippen LogP contribution in [0.1, 0.15) is 48.7 Å². The first-order valence-electron chi connectivity index (χ1n) is 9.06. The van der Waals surface area contributed by atoms with Crippen LogP contribution in [0.2, 0.25) is 0 Å². The van der Waals surface area contributed by atoms with Crippen molar-refractivity contribution in [2.45, 2.75) is 45.6 Å². The third kappa shape index (κ3) is 3.64. The molecule has 1 aliphatic carbocycles. The largest absolute Gasteiger partial charge is 0.494 e. The van der Waals surface area contributed by atoms with E-state index in [2.05, 4.69) is 17.3 Å². The van der Waals surface area contributed by atoms with Crippen molar-refractivity contribution in [1.82, 2.24) is 15.1 Å². The maximum atomic E-state index is 12.8. The molecule has 6 nitrogen and oxygen atoms in total. The highest BCUT2D eigenvalue weighted by Gasteiger charge is 2.26. The SMILES string of the molecule is COc1cc(=O)n(-c2ccccc2C)nc1C(=O)N[C@H]1CCCC[C@@H]1C. The highest BCUT2D eigenvalue weighted by atomic mass is 16.5. The van der Waals surface area contributed by atoms with E-state index in [1.165, 1.54) is 24.3 Å². The number of amides is 1. The normalized spacial score (nSPS) is 19.8. The van der Waals surface area contributed by atoms with E-state index in [0.29, 0.717) is 11.6 Å². The fourth-order valence-corrected chi connectivity index (χ4v) is 3.49. The highest BCUT2D eigenvalue weighted by molar-refractivity contribution is 5.95. The van der Waals surface area contributed by atoms with Crippen LogP contribution in [0.4, 0.5) is 0 Å². The van der Waals surface area contributed by atoms with E-state index in [4.69, 9.17) is 4.74 Å². The van der Waals surface area contributed by atoms with Crippen LogP contribution in [0.25, 0.3) is 5.69 Å². The molecular formula is C20H25N3O3. The fraction of sp³-hybridized carbons (Fsp3) is 0.450. The van der Waals surface area contributed by atoms with Gasteiger partial charge in [0, 0.05) is 6.04 Å². The third-order valence-corrected chi connectivity index (χ3v) is 5.10. The maximum absolute atomic E-state index is 12.8. The molecule has 1 aromatic heterocycles. The smallest absolute Gasteiger partial charge is 0.275 e. The quantitative estimate of drug-likeness (QED) is 0.915. The van der Waals surface area contributed by atoms with Crippen molar-refractivity contribution < 1.29 is 9.53 Å². The molecule has 1 amide bonds. The zero-order valence-corrected chi connectivity index (χ0v) is 15.5. The number of carbonyl (C=O) groups excluding carboxylic acids is 1. The van der Waals surface area contributed by atoms with Crippen molar-refractivity contribution in [3.8, 4) is 11.4 Å². The van der Waals surface area contributed by atoms with Crippen molar-refractivity contribution in [2.75, 3.05) is 7.11 Å². The van der Waals surface area contributed by atoms with Crippen LogP contribution in [-0.4, -0.2) is 28.8 Å². The molecule has 0 saturated heterocycles. The molecule has 1 N–H and O–H groups in total. The van der Waals surface area contributed by atoms with Gasteiger partial charge in [-0.25, -0.2) is 0 Å². The Balaban J connectivity index is 1.98. The standard InChI is InChI=1S/C20H25N3O3/c1-13-8-4-6-10-15(13)21-20(25)19-17(26-3)12-18(24)23(22-19)16-11-7-5-9-14(16)2/h5,7,9,11-13,15H,4,6,8,10H2,1-3H3,(H,21,25)/t13-,15-/m0/s1. The molecule has 2 atom stereocenters. The summed E-state index contributed by atoms with van der Waals surface area (Å²) in [5.74, 6) is 0.324. The zero-order chi connectivity index (χ0) is 18.7. The maximum Gasteiger partial charge on any atom is 0.275 e. The number of aromatic nitrogens is 2. The molecule has 0 radical (unpaired) electrons. The Morgan fingerprint density at radius 1 is 1.27 bits per heavy atom. The van der Waals surface area contributed by atoms with Crippen LogP contribution in [-0.2, 0) is 0 Å². The lowest BCUT2D eigenvalue weighted by Gasteiger charge is -2.29. The first-order chi connectivity index (χ1) is 12.5. The number of rotatable bonds is 4. The lowest BCUT2D eigenvalue weighted by Crippen LogP contribution is -2.42. The van der Waals surface area contributed by atoms with Crippen LogP contribution in [0.3, 0.4) is 0 Å². The molecular weight excluding hydrogens is 330 g/mol. The van der Waals surface area contributed by atoms with Crippen LogP contribution >= 0.6 is 0 Å². The monoisotopic (exact) mass is 355 g/mol. The Morgan fingerprint density at radius 3 is 2.69 bits per heavy atom. The number of hydrogen-bond donors (Lipinski definition) is 1. The van der Waals surface area contributed by atoms with Gasteiger partial charge in [-0.05, 0) is 37.3 Å². The van der Waals surface area contributed by atoms with Gasteiger partial charge in [0.15, 0.2) is 11.4 Å². The van der Waals surface area contributed by atoms with E-state index in [9.17, 15) is 9.59 Å². The summed E-state index contributed by atoms with van der Waals surface area (Å²) < 4.78 is 6.51. The lowest BCUT2D eigenvalue weighted by molar-refractivity contribution is 0.0899. The van der Waals surface area contributed by atoms with Crippen molar-refractivity contribution in [2.24, 2.45) is 5.92 Å².